The molecule has 0 bridgehead atoms. The van der Waals surface area contributed by atoms with E-state index in [-0.39, 0.29) is 0 Å². The third-order valence-corrected chi connectivity index (χ3v) is 3.58. The lowest BCUT2D eigenvalue weighted by atomic mass is 9.84. The van der Waals surface area contributed by atoms with E-state index in [2.05, 4.69) is 38.0 Å². The second-order valence-corrected chi connectivity index (χ2v) is 5.88. The predicted octanol–water partition coefficient (Wildman–Crippen LogP) is 2.50. The number of hydrogen-bond acceptors (Lipinski definition) is 2. The van der Waals surface area contributed by atoms with Gasteiger partial charge in [-0.05, 0) is 58.2 Å². The molecule has 2 heteroatoms. The second-order valence-electron chi connectivity index (χ2n) is 5.88. The van der Waals surface area contributed by atoms with E-state index in [1.165, 1.54) is 45.3 Å². The molecule has 0 saturated carbocycles. The summed E-state index contributed by atoms with van der Waals surface area (Å²) < 4.78 is 0. The van der Waals surface area contributed by atoms with Crippen LogP contribution in [-0.2, 0) is 0 Å². The van der Waals surface area contributed by atoms with E-state index in [4.69, 9.17) is 0 Å². The third kappa shape index (κ3) is 4.98. The molecule has 1 rings (SSSR count). The van der Waals surface area contributed by atoms with Crippen LogP contribution in [0.5, 0.6) is 0 Å². The van der Waals surface area contributed by atoms with E-state index >= 15 is 0 Å². The van der Waals surface area contributed by atoms with Gasteiger partial charge < -0.3 is 10.2 Å². The smallest absolute Gasteiger partial charge is 0.00362 e. The first-order chi connectivity index (χ1) is 7.03. The summed E-state index contributed by atoms with van der Waals surface area (Å²) in [5.41, 5.74) is 0.548. The van der Waals surface area contributed by atoms with Gasteiger partial charge in [0.2, 0.25) is 0 Å². The first-order valence-corrected chi connectivity index (χ1v) is 6.43. The minimum absolute atomic E-state index is 0.548. The normalized spacial score (nSPS) is 24.0. The number of nitrogens with zero attached hydrogens (tertiary/aromatic N) is 1. The Morgan fingerprint density at radius 3 is 2.73 bits per heavy atom. The number of hydrogen-bond donors (Lipinski definition) is 1. The van der Waals surface area contributed by atoms with Crippen LogP contribution in [0.4, 0.5) is 0 Å². The maximum Gasteiger partial charge on any atom is 0.00362 e. The van der Waals surface area contributed by atoms with Crippen molar-refractivity contribution in [1.82, 2.24) is 10.2 Å². The fourth-order valence-electron chi connectivity index (χ4n) is 2.50. The Morgan fingerprint density at radius 1 is 1.40 bits per heavy atom. The maximum absolute atomic E-state index is 3.30. The summed E-state index contributed by atoms with van der Waals surface area (Å²) >= 11 is 0. The summed E-state index contributed by atoms with van der Waals surface area (Å²) in [5, 5.41) is 3.30. The quantitative estimate of drug-likeness (QED) is 0.753. The fraction of sp³-hybridized carbons (Fsp3) is 1.00. The zero-order valence-corrected chi connectivity index (χ0v) is 11.0. The van der Waals surface area contributed by atoms with Crippen molar-refractivity contribution in [2.75, 3.05) is 26.7 Å². The van der Waals surface area contributed by atoms with Crippen LogP contribution < -0.4 is 5.32 Å². The van der Waals surface area contributed by atoms with Gasteiger partial charge in [0.05, 0.1) is 0 Å². The van der Waals surface area contributed by atoms with E-state index < -0.39 is 0 Å². The molecule has 90 valence electrons. The number of rotatable bonds is 5. The first-order valence-electron chi connectivity index (χ1n) is 6.43. The standard InChI is InChI=1S/C13H28N2/c1-12(14-4)7-5-9-15-10-6-8-13(2,3)11-15/h12,14H,5-11H2,1-4H3. The molecule has 0 amide bonds. The summed E-state index contributed by atoms with van der Waals surface area (Å²) in [5.74, 6) is 0. The summed E-state index contributed by atoms with van der Waals surface area (Å²) in [6.07, 6.45) is 5.41. The Labute approximate surface area is 95.4 Å². The molecule has 1 aliphatic heterocycles. The molecule has 1 aliphatic rings. The molecule has 0 aliphatic carbocycles. The first kappa shape index (κ1) is 13.0. The maximum atomic E-state index is 3.30. The van der Waals surface area contributed by atoms with E-state index in [0.29, 0.717) is 11.5 Å². The van der Waals surface area contributed by atoms with Crippen LogP contribution in [0, 0.1) is 5.41 Å². The van der Waals surface area contributed by atoms with Gasteiger partial charge in [-0.15, -0.1) is 0 Å². The SMILES string of the molecule is CNC(C)CCCN1CCCC(C)(C)C1. The van der Waals surface area contributed by atoms with Crippen LogP contribution >= 0.6 is 0 Å². The van der Waals surface area contributed by atoms with E-state index in [1.54, 1.807) is 0 Å². The summed E-state index contributed by atoms with van der Waals surface area (Å²) in [4.78, 5) is 2.64. The van der Waals surface area contributed by atoms with Crippen molar-refractivity contribution >= 4 is 0 Å². The molecule has 0 aromatic carbocycles. The van der Waals surface area contributed by atoms with Gasteiger partial charge in [0.25, 0.3) is 0 Å². The number of piperidine rings is 1. The largest absolute Gasteiger partial charge is 0.317 e. The predicted molar refractivity (Wildman–Crippen MR) is 67.2 cm³/mol. The minimum atomic E-state index is 0.548. The zero-order chi connectivity index (χ0) is 11.3. The Kier molecular flexibility index (Phi) is 5.07. The highest BCUT2D eigenvalue weighted by Gasteiger charge is 2.25. The Balaban J connectivity index is 2.16. The summed E-state index contributed by atoms with van der Waals surface area (Å²) in [6, 6.07) is 0.669. The molecule has 0 aromatic heterocycles. The van der Waals surface area contributed by atoms with Gasteiger partial charge in [-0.2, -0.15) is 0 Å². The molecule has 15 heavy (non-hydrogen) atoms. The highest BCUT2D eigenvalue weighted by Crippen LogP contribution is 2.28. The third-order valence-electron chi connectivity index (χ3n) is 3.58. The van der Waals surface area contributed by atoms with Crippen LogP contribution in [0.1, 0.15) is 46.5 Å². The van der Waals surface area contributed by atoms with E-state index in [0.717, 1.165) is 0 Å². The number of likely N-dealkylation sites (tertiary alicyclic amines) is 1. The fourth-order valence-corrected chi connectivity index (χ4v) is 2.50. The molecule has 1 N–H and O–H groups in total. The van der Waals surface area contributed by atoms with Gasteiger partial charge in [0, 0.05) is 12.6 Å². The lowest BCUT2D eigenvalue weighted by Crippen LogP contribution is -2.40. The van der Waals surface area contributed by atoms with Crippen molar-refractivity contribution in [3.8, 4) is 0 Å². The van der Waals surface area contributed by atoms with Gasteiger partial charge in [-0.1, -0.05) is 13.8 Å². The lowest BCUT2D eigenvalue weighted by molar-refractivity contribution is 0.115. The highest BCUT2D eigenvalue weighted by atomic mass is 15.1. The minimum Gasteiger partial charge on any atom is -0.317 e. The van der Waals surface area contributed by atoms with Crippen molar-refractivity contribution < 1.29 is 0 Å². The molecular formula is C13H28N2. The average molecular weight is 212 g/mol. The second kappa shape index (κ2) is 5.86. The summed E-state index contributed by atoms with van der Waals surface area (Å²) in [6.45, 7) is 11.0. The van der Waals surface area contributed by atoms with Crippen LogP contribution in [0.15, 0.2) is 0 Å². The van der Waals surface area contributed by atoms with Crippen LogP contribution in [-0.4, -0.2) is 37.6 Å². The molecule has 0 spiro atoms. The van der Waals surface area contributed by atoms with Gasteiger partial charge in [-0.25, -0.2) is 0 Å². The molecular weight excluding hydrogens is 184 g/mol. The van der Waals surface area contributed by atoms with Crippen molar-refractivity contribution in [3.05, 3.63) is 0 Å². The molecule has 0 aromatic rings. The topological polar surface area (TPSA) is 15.3 Å². The molecule has 0 radical (unpaired) electrons. The lowest BCUT2D eigenvalue weighted by Gasteiger charge is -2.38. The van der Waals surface area contributed by atoms with E-state index in [9.17, 15) is 0 Å². The monoisotopic (exact) mass is 212 g/mol. The molecule has 1 unspecified atom stereocenters. The van der Waals surface area contributed by atoms with Crippen molar-refractivity contribution in [3.63, 3.8) is 0 Å². The van der Waals surface area contributed by atoms with Crippen molar-refractivity contribution in [1.29, 1.82) is 0 Å². The van der Waals surface area contributed by atoms with Crippen LogP contribution in [0.3, 0.4) is 0 Å². The zero-order valence-electron chi connectivity index (χ0n) is 11.0. The van der Waals surface area contributed by atoms with Gasteiger partial charge >= 0.3 is 0 Å². The molecule has 1 atom stereocenters. The van der Waals surface area contributed by atoms with Gasteiger partial charge in [-0.3, -0.25) is 0 Å². The van der Waals surface area contributed by atoms with Crippen molar-refractivity contribution in [2.45, 2.75) is 52.5 Å². The van der Waals surface area contributed by atoms with Crippen LogP contribution in [0.2, 0.25) is 0 Å². The number of nitrogens with one attached hydrogen (secondary N) is 1. The molecule has 2 nitrogen and oxygen atoms in total. The van der Waals surface area contributed by atoms with E-state index in [1.807, 2.05) is 0 Å². The highest BCUT2D eigenvalue weighted by molar-refractivity contribution is 4.79. The van der Waals surface area contributed by atoms with Gasteiger partial charge in [0.15, 0.2) is 0 Å². The van der Waals surface area contributed by atoms with Crippen LogP contribution in [0.25, 0.3) is 0 Å². The summed E-state index contributed by atoms with van der Waals surface area (Å²) in [7, 11) is 2.05. The average Bonchev–Trinajstić information content (AvgIpc) is 2.16. The molecule has 1 saturated heterocycles. The molecule has 1 heterocycles. The Morgan fingerprint density at radius 2 is 2.13 bits per heavy atom. The molecule has 1 fully saturated rings. The Bertz CT molecular complexity index is 177. The Hall–Kier alpha value is -0.0800. The van der Waals surface area contributed by atoms with Crippen molar-refractivity contribution in [2.24, 2.45) is 5.41 Å². The van der Waals surface area contributed by atoms with Gasteiger partial charge in [0.1, 0.15) is 0 Å².